The number of aromatic nitrogens is 2. The summed E-state index contributed by atoms with van der Waals surface area (Å²) < 4.78 is 29.4. The van der Waals surface area contributed by atoms with Crippen molar-refractivity contribution in [3.8, 4) is 0 Å². The van der Waals surface area contributed by atoms with Crippen LogP contribution in [0.25, 0.3) is 0 Å². The lowest BCUT2D eigenvalue weighted by Gasteiger charge is -2.14. The minimum atomic E-state index is -1.06. The normalized spacial score (nSPS) is 12.8. The highest BCUT2D eigenvalue weighted by Crippen LogP contribution is 2.28. The number of rotatable bonds is 3. The van der Waals surface area contributed by atoms with Gasteiger partial charge in [0.05, 0.1) is 22.0 Å². The Labute approximate surface area is 124 Å². The summed E-state index contributed by atoms with van der Waals surface area (Å²) in [4.78, 5) is 0. The van der Waals surface area contributed by atoms with Crippen molar-refractivity contribution in [2.75, 3.05) is 0 Å². The molecule has 20 heavy (non-hydrogen) atoms. The van der Waals surface area contributed by atoms with Gasteiger partial charge in [-0.15, -0.1) is 0 Å². The Morgan fingerprint density at radius 2 is 1.95 bits per heavy atom. The molecule has 1 atom stereocenters. The highest BCUT2D eigenvalue weighted by atomic mass is 79.9. The number of aliphatic hydroxyl groups excluding tert-OH is 1. The molecule has 1 aromatic heterocycles. The molecular formula is C14H15BrF2N2O. The fourth-order valence-corrected chi connectivity index (χ4v) is 2.63. The minimum Gasteiger partial charge on any atom is -0.388 e. The molecular weight excluding hydrogens is 330 g/mol. The average molecular weight is 345 g/mol. The van der Waals surface area contributed by atoms with Gasteiger partial charge in [-0.3, -0.25) is 4.68 Å². The molecule has 2 aromatic rings. The molecule has 6 heteroatoms. The number of benzene rings is 1. The van der Waals surface area contributed by atoms with Gasteiger partial charge >= 0.3 is 0 Å². The molecule has 1 aromatic carbocycles. The standard InChI is InChI=1S/C14H15BrF2N2O/c1-7-4-9(11(17)5-10(7)16)13(20)6-12-14(15)8(2)18-19(12)3/h4-5,13,20H,6H2,1-3H3. The van der Waals surface area contributed by atoms with Crippen LogP contribution in [0.2, 0.25) is 0 Å². The van der Waals surface area contributed by atoms with Crippen molar-refractivity contribution < 1.29 is 13.9 Å². The smallest absolute Gasteiger partial charge is 0.131 e. The zero-order chi connectivity index (χ0) is 15.0. The molecule has 0 spiro atoms. The topological polar surface area (TPSA) is 38.1 Å². The summed E-state index contributed by atoms with van der Waals surface area (Å²) >= 11 is 3.40. The van der Waals surface area contributed by atoms with Crippen LogP contribution >= 0.6 is 15.9 Å². The SMILES string of the molecule is Cc1cc(C(O)Cc2c(Br)c(C)nn2C)c(F)cc1F. The number of nitrogens with zero attached hydrogens (tertiary/aromatic N) is 2. The highest BCUT2D eigenvalue weighted by Gasteiger charge is 2.20. The van der Waals surface area contributed by atoms with Crippen LogP contribution in [0.15, 0.2) is 16.6 Å². The molecule has 0 saturated heterocycles. The summed E-state index contributed by atoms with van der Waals surface area (Å²) in [6, 6.07) is 2.14. The zero-order valence-electron chi connectivity index (χ0n) is 11.4. The molecule has 3 nitrogen and oxygen atoms in total. The van der Waals surface area contributed by atoms with E-state index in [4.69, 9.17) is 0 Å². The van der Waals surface area contributed by atoms with E-state index < -0.39 is 17.7 Å². The molecule has 0 saturated carbocycles. The van der Waals surface area contributed by atoms with E-state index in [1.165, 1.54) is 13.0 Å². The van der Waals surface area contributed by atoms with E-state index in [0.717, 1.165) is 21.9 Å². The summed E-state index contributed by atoms with van der Waals surface area (Å²) in [5, 5.41) is 14.4. The number of hydrogen-bond acceptors (Lipinski definition) is 2. The molecule has 0 radical (unpaired) electrons. The van der Waals surface area contributed by atoms with Crippen LogP contribution in [0.5, 0.6) is 0 Å². The molecule has 2 rings (SSSR count). The van der Waals surface area contributed by atoms with Crippen LogP contribution in [-0.2, 0) is 13.5 Å². The van der Waals surface area contributed by atoms with Crippen LogP contribution in [0.3, 0.4) is 0 Å². The molecule has 108 valence electrons. The van der Waals surface area contributed by atoms with E-state index in [0.29, 0.717) is 5.56 Å². The molecule has 1 heterocycles. The fraction of sp³-hybridized carbons (Fsp3) is 0.357. The Morgan fingerprint density at radius 3 is 2.50 bits per heavy atom. The van der Waals surface area contributed by atoms with Gasteiger partial charge in [-0.25, -0.2) is 8.78 Å². The summed E-state index contributed by atoms with van der Waals surface area (Å²) in [5.41, 5.74) is 1.96. The first-order valence-corrected chi connectivity index (χ1v) is 6.92. The van der Waals surface area contributed by atoms with Gasteiger partial charge in [0.2, 0.25) is 0 Å². The minimum absolute atomic E-state index is 0.0923. The third-order valence-corrected chi connectivity index (χ3v) is 4.32. The van der Waals surface area contributed by atoms with Crippen LogP contribution in [0.1, 0.15) is 28.6 Å². The van der Waals surface area contributed by atoms with E-state index in [1.54, 1.807) is 11.7 Å². The molecule has 1 unspecified atom stereocenters. The number of halogens is 3. The summed E-state index contributed by atoms with van der Waals surface area (Å²) in [5.74, 6) is -1.35. The number of aryl methyl sites for hydroxylation is 3. The highest BCUT2D eigenvalue weighted by molar-refractivity contribution is 9.10. The lowest BCUT2D eigenvalue weighted by molar-refractivity contribution is 0.170. The monoisotopic (exact) mass is 344 g/mol. The summed E-state index contributed by atoms with van der Waals surface area (Å²) in [6.07, 6.45) is -0.861. The molecule has 1 N–H and O–H groups in total. The van der Waals surface area contributed by atoms with Crippen molar-refractivity contribution in [2.24, 2.45) is 7.05 Å². The van der Waals surface area contributed by atoms with E-state index >= 15 is 0 Å². The average Bonchev–Trinajstić information content (AvgIpc) is 2.60. The Hall–Kier alpha value is -1.27. The first kappa shape index (κ1) is 15.1. The predicted octanol–water partition coefficient (Wildman–Crippen LogP) is 3.35. The molecule has 0 aliphatic heterocycles. The Bertz CT molecular complexity index is 655. The number of aliphatic hydroxyl groups is 1. The van der Waals surface area contributed by atoms with Gasteiger partial charge in [-0.2, -0.15) is 5.10 Å². The Balaban J connectivity index is 2.33. The first-order chi connectivity index (χ1) is 9.31. The second kappa shape index (κ2) is 5.61. The van der Waals surface area contributed by atoms with Gasteiger partial charge in [-0.05, 0) is 41.4 Å². The van der Waals surface area contributed by atoms with E-state index in [1.807, 2.05) is 6.92 Å². The zero-order valence-corrected chi connectivity index (χ0v) is 13.0. The van der Waals surface area contributed by atoms with Crippen molar-refractivity contribution in [2.45, 2.75) is 26.4 Å². The quantitative estimate of drug-likeness (QED) is 0.927. The van der Waals surface area contributed by atoms with Gasteiger partial charge in [0.1, 0.15) is 11.6 Å². The molecule has 0 aliphatic carbocycles. The lowest BCUT2D eigenvalue weighted by atomic mass is 10.0. The van der Waals surface area contributed by atoms with Crippen molar-refractivity contribution in [3.63, 3.8) is 0 Å². The Kier molecular flexibility index (Phi) is 4.25. The van der Waals surface area contributed by atoms with Gasteiger partial charge in [0.25, 0.3) is 0 Å². The predicted molar refractivity (Wildman–Crippen MR) is 75.4 cm³/mol. The van der Waals surface area contributed by atoms with Crippen LogP contribution < -0.4 is 0 Å². The van der Waals surface area contributed by atoms with Crippen molar-refractivity contribution >= 4 is 15.9 Å². The fourth-order valence-electron chi connectivity index (χ4n) is 2.13. The van der Waals surface area contributed by atoms with Crippen molar-refractivity contribution in [3.05, 3.63) is 50.8 Å². The second-order valence-corrected chi connectivity index (χ2v) is 5.61. The third kappa shape index (κ3) is 2.76. The maximum absolute atomic E-state index is 13.8. The van der Waals surface area contributed by atoms with Gasteiger partial charge in [0.15, 0.2) is 0 Å². The van der Waals surface area contributed by atoms with Gasteiger partial charge in [-0.1, -0.05) is 0 Å². The van der Waals surface area contributed by atoms with Crippen LogP contribution in [0.4, 0.5) is 8.78 Å². The van der Waals surface area contributed by atoms with E-state index in [9.17, 15) is 13.9 Å². The summed E-state index contributed by atoms with van der Waals surface area (Å²) in [7, 11) is 1.76. The number of hydrogen-bond donors (Lipinski definition) is 1. The first-order valence-electron chi connectivity index (χ1n) is 6.12. The molecule has 0 bridgehead atoms. The second-order valence-electron chi connectivity index (χ2n) is 4.81. The van der Waals surface area contributed by atoms with E-state index in [2.05, 4.69) is 21.0 Å². The molecule has 0 amide bonds. The van der Waals surface area contributed by atoms with Gasteiger partial charge < -0.3 is 5.11 Å². The third-order valence-electron chi connectivity index (χ3n) is 3.29. The maximum Gasteiger partial charge on any atom is 0.131 e. The maximum atomic E-state index is 13.8. The van der Waals surface area contributed by atoms with Crippen LogP contribution in [-0.4, -0.2) is 14.9 Å². The Morgan fingerprint density at radius 1 is 1.30 bits per heavy atom. The largest absolute Gasteiger partial charge is 0.388 e. The van der Waals surface area contributed by atoms with Crippen molar-refractivity contribution in [1.29, 1.82) is 0 Å². The molecule has 0 aliphatic rings. The molecule has 0 fully saturated rings. The summed E-state index contributed by atoms with van der Waals surface area (Å²) in [6.45, 7) is 3.37. The lowest BCUT2D eigenvalue weighted by Crippen LogP contribution is -2.09. The van der Waals surface area contributed by atoms with E-state index in [-0.39, 0.29) is 12.0 Å². The van der Waals surface area contributed by atoms with Crippen LogP contribution in [0, 0.1) is 25.5 Å². The van der Waals surface area contributed by atoms with Gasteiger partial charge in [0, 0.05) is 25.1 Å². The van der Waals surface area contributed by atoms with Crippen molar-refractivity contribution in [1.82, 2.24) is 9.78 Å².